The van der Waals surface area contributed by atoms with E-state index in [1.807, 2.05) is 63.9 Å². The molecule has 2 aliphatic heterocycles. The fourth-order valence-corrected chi connectivity index (χ4v) is 5.63. The largest absolute Gasteiger partial charge is 0.491 e. The monoisotopic (exact) mass is 555 g/mol. The lowest BCUT2D eigenvalue weighted by Gasteiger charge is -2.35. The van der Waals surface area contributed by atoms with E-state index in [9.17, 15) is 9.59 Å². The number of hydrogen-bond donors (Lipinski definition) is 0. The van der Waals surface area contributed by atoms with Crippen LogP contribution < -0.4 is 14.4 Å². The molecule has 2 aliphatic rings. The first kappa shape index (κ1) is 28.7. The van der Waals surface area contributed by atoms with Crippen molar-refractivity contribution in [3.8, 4) is 22.6 Å². The van der Waals surface area contributed by atoms with Crippen LogP contribution in [-0.4, -0.2) is 67.6 Å². The number of carbonyl (C=O) groups is 2. The molecule has 1 saturated heterocycles. The van der Waals surface area contributed by atoms with Crippen LogP contribution in [0.5, 0.6) is 11.5 Å². The number of hydrogen-bond acceptors (Lipinski definition) is 5. The summed E-state index contributed by atoms with van der Waals surface area (Å²) in [4.78, 5) is 32.5. The van der Waals surface area contributed by atoms with Crippen LogP contribution in [0.4, 0.5) is 5.69 Å². The minimum absolute atomic E-state index is 0.0224. The van der Waals surface area contributed by atoms with Crippen molar-refractivity contribution < 1.29 is 19.1 Å². The Morgan fingerprint density at radius 3 is 2.39 bits per heavy atom. The van der Waals surface area contributed by atoms with E-state index in [-0.39, 0.29) is 37.1 Å². The molecule has 0 saturated carbocycles. The summed E-state index contributed by atoms with van der Waals surface area (Å²) in [5, 5.41) is 0. The van der Waals surface area contributed by atoms with Crippen molar-refractivity contribution in [1.29, 1.82) is 0 Å². The number of likely N-dealkylation sites (N-methyl/N-ethyl adjacent to an activating group) is 1. The molecule has 41 heavy (non-hydrogen) atoms. The highest BCUT2D eigenvalue weighted by atomic mass is 16.5. The summed E-state index contributed by atoms with van der Waals surface area (Å²) in [5.41, 5.74) is 6.07. The van der Waals surface area contributed by atoms with Gasteiger partial charge in [0, 0.05) is 13.6 Å². The van der Waals surface area contributed by atoms with E-state index in [1.54, 1.807) is 4.90 Å². The van der Waals surface area contributed by atoms with Crippen LogP contribution in [0.3, 0.4) is 0 Å². The van der Waals surface area contributed by atoms with Gasteiger partial charge in [-0.15, -0.1) is 0 Å². The SMILES string of the molecule is Cc1cc2c(cc1C)N(CC(=O)N(C)C(CN1CCCC1)c1ccc(-c3cccc(OC(C)C)c3)cc1)C(=O)CO2. The summed E-state index contributed by atoms with van der Waals surface area (Å²) in [6.45, 7) is 10.8. The molecule has 1 fully saturated rings. The average Bonchev–Trinajstić information content (AvgIpc) is 3.47. The van der Waals surface area contributed by atoms with E-state index in [2.05, 4.69) is 41.3 Å². The summed E-state index contributed by atoms with van der Waals surface area (Å²) in [7, 11) is 1.86. The first-order valence-corrected chi connectivity index (χ1v) is 14.6. The van der Waals surface area contributed by atoms with Gasteiger partial charge in [0.2, 0.25) is 5.91 Å². The first-order valence-electron chi connectivity index (χ1n) is 14.6. The summed E-state index contributed by atoms with van der Waals surface area (Å²) in [5.74, 6) is 1.20. The molecule has 1 atom stereocenters. The predicted molar refractivity (Wildman–Crippen MR) is 163 cm³/mol. The van der Waals surface area contributed by atoms with Gasteiger partial charge in [0.05, 0.1) is 17.8 Å². The van der Waals surface area contributed by atoms with E-state index >= 15 is 0 Å². The highest BCUT2D eigenvalue weighted by Gasteiger charge is 2.32. The Balaban J connectivity index is 1.38. The summed E-state index contributed by atoms with van der Waals surface area (Å²) >= 11 is 0. The minimum Gasteiger partial charge on any atom is -0.491 e. The smallest absolute Gasteiger partial charge is 0.265 e. The van der Waals surface area contributed by atoms with E-state index < -0.39 is 0 Å². The zero-order chi connectivity index (χ0) is 29.1. The van der Waals surface area contributed by atoms with Crippen LogP contribution in [0.1, 0.15) is 49.4 Å². The minimum atomic E-state index is -0.202. The van der Waals surface area contributed by atoms with Gasteiger partial charge in [0.1, 0.15) is 18.0 Å². The third-order valence-corrected chi connectivity index (χ3v) is 8.14. The Hall–Kier alpha value is -3.84. The molecular formula is C34H41N3O4. The van der Waals surface area contributed by atoms with Crippen LogP contribution in [0.2, 0.25) is 0 Å². The number of benzene rings is 3. The maximum Gasteiger partial charge on any atom is 0.265 e. The average molecular weight is 556 g/mol. The molecule has 7 heteroatoms. The molecule has 0 N–H and O–H groups in total. The number of fused-ring (bicyclic) bond motifs is 1. The van der Waals surface area contributed by atoms with Crippen molar-refractivity contribution in [1.82, 2.24) is 9.80 Å². The van der Waals surface area contributed by atoms with Gasteiger partial charge in [-0.25, -0.2) is 0 Å². The molecule has 0 bridgehead atoms. The molecule has 0 radical (unpaired) electrons. The van der Waals surface area contributed by atoms with Gasteiger partial charge in [-0.3, -0.25) is 14.5 Å². The van der Waals surface area contributed by atoms with Crippen LogP contribution in [-0.2, 0) is 9.59 Å². The van der Waals surface area contributed by atoms with Gasteiger partial charge in [-0.2, -0.15) is 0 Å². The number of likely N-dealkylation sites (tertiary alicyclic amines) is 1. The van der Waals surface area contributed by atoms with Crippen LogP contribution in [0.25, 0.3) is 11.1 Å². The van der Waals surface area contributed by atoms with Gasteiger partial charge < -0.3 is 19.3 Å². The Morgan fingerprint density at radius 2 is 1.68 bits per heavy atom. The summed E-state index contributed by atoms with van der Waals surface area (Å²) in [6, 6.07) is 20.4. The second-order valence-electron chi connectivity index (χ2n) is 11.5. The molecule has 0 spiro atoms. The zero-order valence-corrected chi connectivity index (χ0v) is 24.9. The number of carbonyl (C=O) groups excluding carboxylic acids is 2. The molecule has 3 aromatic rings. The molecule has 2 heterocycles. The number of ether oxygens (including phenoxy) is 2. The topological polar surface area (TPSA) is 62.3 Å². The number of amides is 2. The highest BCUT2D eigenvalue weighted by Crippen LogP contribution is 2.35. The summed E-state index contributed by atoms with van der Waals surface area (Å²) in [6.07, 6.45) is 2.47. The molecule has 1 unspecified atom stereocenters. The van der Waals surface area contributed by atoms with Gasteiger partial charge >= 0.3 is 0 Å². The van der Waals surface area contributed by atoms with Crippen molar-refractivity contribution in [2.45, 2.75) is 52.7 Å². The zero-order valence-electron chi connectivity index (χ0n) is 24.9. The van der Waals surface area contributed by atoms with Gasteiger partial charge in [-0.05, 0) is 106 Å². The Labute approximate surface area is 243 Å². The van der Waals surface area contributed by atoms with Crippen LogP contribution in [0, 0.1) is 13.8 Å². The molecule has 216 valence electrons. The second-order valence-corrected chi connectivity index (χ2v) is 11.5. The van der Waals surface area contributed by atoms with Crippen LogP contribution >= 0.6 is 0 Å². The quantitative estimate of drug-likeness (QED) is 0.335. The first-order chi connectivity index (χ1) is 19.7. The lowest BCUT2D eigenvalue weighted by molar-refractivity contribution is -0.133. The highest BCUT2D eigenvalue weighted by molar-refractivity contribution is 6.02. The van der Waals surface area contributed by atoms with Crippen molar-refractivity contribution in [2.75, 3.05) is 44.7 Å². The third-order valence-electron chi connectivity index (χ3n) is 8.14. The summed E-state index contributed by atoms with van der Waals surface area (Å²) < 4.78 is 11.6. The Bertz CT molecular complexity index is 1400. The van der Waals surface area contributed by atoms with Crippen molar-refractivity contribution >= 4 is 17.5 Å². The van der Waals surface area contributed by atoms with Gasteiger partial charge in [0.25, 0.3) is 5.91 Å². The Kier molecular flexibility index (Phi) is 8.64. The van der Waals surface area contributed by atoms with Crippen molar-refractivity contribution in [3.63, 3.8) is 0 Å². The molecule has 5 rings (SSSR count). The number of aryl methyl sites for hydroxylation is 2. The van der Waals surface area contributed by atoms with E-state index in [1.165, 1.54) is 12.8 Å². The van der Waals surface area contributed by atoms with E-state index in [0.29, 0.717) is 11.4 Å². The molecule has 7 nitrogen and oxygen atoms in total. The third kappa shape index (κ3) is 6.57. The lowest BCUT2D eigenvalue weighted by Crippen LogP contribution is -2.47. The fourth-order valence-electron chi connectivity index (χ4n) is 5.63. The molecule has 2 amide bonds. The Morgan fingerprint density at radius 1 is 0.976 bits per heavy atom. The second kappa shape index (κ2) is 12.4. The van der Waals surface area contributed by atoms with Gasteiger partial charge in [-0.1, -0.05) is 36.4 Å². The molecule has 0 aliphatic carbocycles. The molecular weight excluding hydrogens is 514 g/mol. The van der Waals surface area contributed by atoms with Crippen molar-refractivity contribution in [2.24, 2.45) is 0 Å². The predicted octanol–water partition coefficient (Wildman–Crippen LogP) is 5.78. The standard InChI is InChI=1S/C34H41N3O4/c1-23(2)41-29-10-8-9-28(19-29)26-11-13-27(14-12-26)31(20-36-15-6-7-16-36)35(5)33(38)21-37-30-17-24(3)25(4)18-32(30)40-22-34(37)39/h8-14,17-19,23,31H,6-7,15-16,20-22H2,1-5H3. The number of nitrogens with zero attached hydrogens (tertiary/aromatic N) is 3. The maximum absolute atomic E-state index is 13.8. The van der Waals surface area contributed by atoms with Gasteiger partial charge in [0.15, 0.2) is 6.61 Å². The fraction of sp³-hybridized carbons (Fsp3) is 0.412. The normalized spacial score (nSPS) is 16.0. The van der Waals surface area contributed by atoms with E-state index in [0.717, 1.165) is 53.2 Å². The molecule has 0 aromatic heterocycles. The van der Waals surface area contributed by atoms with Crippen LogP contribution in [0.15, 0.2) is 60.7 Å². The lowest BCUT2D eigenvalue weighted by atomic mass is 9.99. The number of anilines is 1. The van der Waals surface area contributed by atoms with Crippen molar-refractivity contribution in [3.05, 3.63) is 77.4 Å². The maximum atomic E-state index is 13.8. The number of rotatable bonds is 9. The molecule has 3 aromatic carbocycles. The van der Waals surface area contributed by atoms with E-state index in [4.69, 9.17) is 9.47 Å².